The molecule has 1 heterocycles. The molecule has 1 aliphatic rings. The number of hydrogen-bond donors (Lipinski definition) is 2. The summed E-state index contributed by atoms with van der Waals surface area (Å²) in [6.07, 6.45) is 0.915. The van der Waals surface area contributed by atoms with Crippen LogP contribution in [0.4, 0.5) is 0 Å². The Morgan fingerprint density at radius 2 is 2.20 bits per heavy atom. The van der Waals surface area contributed by atoms with Crippen LogP contribution >= 0.6 is 15.9 Å². The number of amidine groups is 1. The molecule has 0 aromatic heterocycles. The largest absolute Gasteiger partial charge is 0.336 e. The van der Waals surface area contributed by atoms with E-state index in [1.54, 1.807) is 0 Å². The number of likely N-dealkylation sites (N-methyl/N-ethyl adjacent to an activating group) is 1. The van der Waals surface area contributed by atoms with Gasteiger partial charge in [0.15, 0.2) is 0 Å². The molecule has 0 saturated carbocycles. The molecule has 3 atom stereocenters. The third-order valence-corrected chi connectivity index (χ3v) is 3.99. The van der Waals surface area contributed by atoms with E-state index in [-0.39, 0.29) is 6.04 Å². The molecule has 0 bridgehead atoms. The number of hydrogen-bond acceptors (Lipinski definition) is 2. The molecule has 1 rings (SSSR count). The standard InChI is InChI=1S/C11H20BrN3/c1-7-5-6-14-10(8(2)9(3)12)11(13)15(7)4/h8-10,13-14H,1,5-6H2,2-4H3/t8-,9-,10?/m1/s1. The highest BCUT2D eigenvalue weighted by Crippen LogP contribution is 2.21. The van der Waals surface area contributed by atoms with Crippen molar-refractivity contribution in [1.82, 2.24) is 10.2 Å². The van der Waals surface area contributed by atoms with E-state index in [0.717, 1.165) is 18.7 Å². The third-order valence-electron chi connectivity index (χ3n) is 3.16. The maximum atomic E-state index is 8.13. The first kappa shape index (κ1) is 12.7. The fourth-order valence-corrected chi connectivity index (χ4v) is 2.02. The zero-order valence-corrected chi connectivity index (χ0v) is 11.3. The SMILES string of the molecule is C=C1CCNC([C@H](C)[C@@H](C)Br)C(=N)N1C. The summed E-state index contributed by atoms with van der Waals surface area (Å²) < 4.78 is 0. The molecule has 1 aliphatic heterocycles. The molecular weight excluding hydrogens is 254 g/mol. The number of nitrogens with zero attached hydrogens (tertiary/aromatic N) is 1. The Morgan fingerprint density at radius 1 is 1.60 bits per heavy atom. The summed E-state index contributed by atoms with van der Waals surface area (Å²) in [5, 5.41) is 11.5. The Labute approximate surface area is 101 Å². The van der Waals surface area contributed by atoms with Gasteiger partial charge in [-0.3, -0.25) is 5.41 Å². The minimum Gasteiger partial charge on any atom is -0.336 e. The predicted molar refractivity (Wildman–Crippen MR) is 68.6 cm³/mol. The van der Waals surface area contributed by atoms with Gasteiger partial charge in [-0.2, -0.15) is 0 Å². The van der Waals surface area contributed by atoms with Crippen LogP contribution in [0.25, 0.3) is 0 Å². The lowest BCUT2D eigenvalue weighted by atomic mass is 9.98. The number of alkyl halides is 1. The molecule has 1 fully saturated rings. The van der Waals surface area contributed by atoms with Crippen molar-refractivity contribution < 1.29 is 0 Å². The molecule has 0 radical (unpaired) electrons. The Balaban J connectivity index is 2.81. The highest BCUT2D eigenvalue weighted by molar-refractivity contribution is 9.09. The van der Waals surface area contributed by atoms with Crippen molar-refractivity contribution in [2.24, 2.45) is 5.92 Å². The topological polar surface area (TPSA) is 39.1 Å². The molecule has 1 unspecified atom stereocenters. The average Bonchev–Trinajstić information content (AvgIpc) is 2.31. The molecule has 0 aromatic carbocycles. The summed E-state index contributed by atoms with van der Waals surface area (Å²) in [6.45, 7) is 9.17. The fourth-order valence-electron chi connectivity index (χ4n) is 1.72. The van der Waals surface area contributed by atoms with E-state index in [1.807, 2.05) is 11.9 Å². The van der Waals surface area contributed by atoms with E-state index in [4.69, 9.17) is 5.41 Å². The van der Waals surface area contributed by atoms with Gasteiger partial charge in [0.05, 0.1) is 6.04 Å². The van der Waals surface area contributed by atoms with E-state index in [2.05, 4.69) is 41.7 Å². The van der Waals surface area contributed by atoms with E-state index >= 15 is 0 Å². The van der Waals surface area contributed by atoms with Gasteiger partial charge in [0.1, 0.15) is 5.84 Å². The Kier molecular flexibility index (Phi) is 4.34. The summed E-state index contributed by atoms with van der Waals surface area (Å²) in [5.74, 6) is 1.02. The zero-order valence-electron chi connectivity index (χ0n) is 9.68. The van der Waals surface area contributed by atoms with E-state index in [0.29, 0.717) is 16.6 Å². The molecule has 0 spiro atoms. The summed E-state index contributed by atoms with van der Waals surface area (Å²) in [4.78, 5) is 2.30. The molecular formula is C11H20BrN3. The number of rotatable bonds is 2. The lowest BCUT2D eigenvalue weighted by Gasteiger charge is -2.29. The molecule has 15 heavy (non-hydrogen) atoms. The second kappa shape index (κ2) is 5.12. The van der Waals surface area contributed by atoms with Crippen molar-refractivity contribution in [2.75, 3.05) is 13.6 Å². The Bertz CT molecular complexity index is 263. The van der Waals surface area contributed by atoms with Crippen molar-refractivity contribution >= 4 is 21.8 Å². The minimum atomic E-state index is 0.114. The van der Waals surface area contributed by atoms with Gasteiger partial charge >= 0.3 is 0 Å². The van der Waals surface area contributed by atoms with Crippen LogP contribution in [-0.4, -0.2) is 35.2 Å². The highest BCUT2D eigenvalue weighted by Gasteiger charge is 2.29. The first-order chi connectivity index (χ1) is 6.95. The van der Waals surface area contributed by atoms with Gasteiger partial charge in [0.25, 0.3) is 0 Å². The molecule has 1 saturated heterocycles. The highest BCUT2D eigenvalue weighted by atomic mass is 79.9. The van der Waals surface area contributed by atoms with Crippen LogP contribution in [0.3, 0.4) is 0 Å². The first-order valence-electron chi connectivity index (χ1n) is 5.32. The molecule has 86 valence electrons. The second-order valence-electron chi connectivity index (χ2n) is 4.23. The molecule has 3 nitrogen and oxygen atoms in total. The zero-order chi connectivity index (χ0) is 11.6. The van der Waals surface area contributed by atoms with E-state index in [1.165, 1.54) is 0 Å². The maximum Gasteiger partial charge on any atom is 0.118 e. The Hall–Kier alpha value is -0.350. The normalized spacial score (nSPS) is 27.5. The van der Waals surface area contributed by atoms with Crippen molar-refractivity contribution in [3.05, 3.63) is 12.3 Å². The van der Waals surface area contributed by atoms with Crippen LogP contribution in [0.1, 0.15) is 20.3 Å². The van der Waals surface area contributed by atoms with Crippen LogP contribution < -0.4 is 5.32 Å². The van der Waals surface area contributed by atoms with Crippen LogP contribution in [0.2, 0.25) is 0 Å². The van der Waals surface area contributed by atoms with Gasteiger partial charge in [-0.25, -0.2) is 0 Å². The molecule has 2 N–H and O–H groups in total. The van der Waals surface area contributed by atoms with Crippen molar-refractivity contribution in [1.29, 1.82) is 5.41 Å². The van der Waals surface area contributed by atoms with Crippen LogP contribution in [0.15, 0.2) is 12.3 Å². The van der Waals surface area contributed by atoms with Gasteiger partial charge in [0, 0.05) is 24.1 Å². The smallest absolute Gasteiger partial charge is 0.118 e. The molecule has 0 amide bonds. The molecule has 0 aliphatic carbocycles. The summed E-state index contributed by atoms with van der Waals surface area (Å²) >= 11 is 3.59. The summed E-state index contributed by atoms with van der Waals surface area (Å²) in [6, 6.07) is 0.114. The van der Waals surface area contributed by atoms with Crippen LogP contribution in [0, 0.1) is 11.3 Å². The van der Waals surface area contributed by atoms with Crippen LogP contribution in [-0.2, 0) is 0 Å². The third kappa shape index (κ3) is 2.82. The van der Waals surface area contributed by atoms with Gasteiger partial charge in [-0.05, 0) is 12.3 Å². The number of nitrogens with one attached hydrogen (secondary N) is 2. The van der Waals surface area contributed by atoms with E-state index < -0.39 is 0 Å². The quantitative estimate of drug-likeness (QED) is 0.758. The van der Waals surface area contributed by atoms with E-state index in [9.17, 15) is 0 Å². The summed E-state index contributed by atoms with van der Waals surface area (Å²) in [5.41, 5.74) is 1.02. The van der Waals surface area contributed by atoms with Crippen molar-refractivity contribution in [3.8, 4) is 0 Å². The molecule has 4 heteroatoms. The van der Waals surface area contributed by atoms with Crippen molar-refractivity contribution in [3.63, 3.8) is 0 Å². The van der Waals surface area contributed by atoms with Gasteiger partial charge in [-0.1, -0.05) is 36.4 Å². The van der Waals surface area contributed by atoms with Crippen LogP contribution in [0.5, 0.6) is 0 Å². The lowest BCUT2D eigenvalue weighted by Crippen LogP contribution is -2.47. The number of halogens is 1. The average molecular weight is 274 g/mol. The molecule has 0 aromatic rings. The maximum absolute atomic E-state index is 8.13. The fraction of sp³-hybridized carbons (Fsp3) is 0.727. The monoisotopic (exact) mass is 273 g/mol. The van der Waals surface area contributed by atoms with Crippen molar-refractivity contribution in [2.45, 2.75) is 31.1 Å². The van der Waals surface area contributed by atoms with Gasteiger partial charge < -0.3 is 10.2 Å². The summed E-state index contributed by atoms with van der Waals surface area (Å²) in [7, 11) is 1.93. The first-order valence-corrected chi connectivity index (χ1v) is 6.24. The lowest BCUT2D eigenvalue weighted by molar-refractivity contribution is 0.447. The van der Waals surface area contributed by atoms with Gasteiger partial charge in [-0.15, -0.1) is 0 Å². The van der Waals surface area contributed by atoms with Gasteiger partial charge in [0.2, 0.25) is 0 Å². The second-order valence-corrected chi connectivity index (χ2v) is 5.67. The Morgan fingerprint density at radius 3 is 2.73 bits per heavy atom. The predicted octanol–water partition coefficient (Wildman–Crippen LogP) is 2.19. The minimum absolute atomic E-state index is 0.114.